The average molecular weight is 279 g/mol. The molecule has 1 unspecified atom stereocenters. The van der Waals surface area contributed by atoms with Gasteiger partial charge in [-0.05, 0) is 51.8 Å². The highest BCUT2D eigenvalue weighted by molar-refractivity contribution is 5.25. The zero-order chi connectivity index (χ0) is 15.3. The second-order valence-corrected chi connectivity index (χ2v) is 6.29. The maximum absolute atomic E-state index is 5.89. The third kappa shape index (κ3) is 4.25. The Morgan fingerprint density at radius 1 is 1.15 bits per heavy atom. The Bertz CT molecular complexity index is 415. The highest BCUT2D eigenvalue weighted by atomic mass is 16.5. The van der Waals surface area contributed by atoms with E-state index >= 15 is 0 Å². The van der Waals surface area contributed by atoms with Crippen LogP contribution in [-0.2, 0) is 11.2 Å². The van der Waals surface area contributed by atoms with Crippen molar-refractivity contribution >= 4 is 0 Å². The first-order valence-electron chi connectivity index (χ1n) is 7.41. The molecule has 0 aliphatic carbocycles. The fourth-order valence-electron chi connectivity index (χ4n) is 2.37. The molecule has 0 aliphatic rings. The molecule has 0 bridgehead atoms. The average Bonchev–Trinajstić information content (AvgIpc) is 2.33. The van der Waals surface area contributed by atoms with Crippen LogP contribution in [0, 0.1) is 19.3 Å². The summed E-state index contributed by atoms with van der Waals surface area (Å²) in [6, 6.07) is 0. The molecule has 0 fully saturated rings. The van der Waals surface area contributed by atoms with Gasteiger partial charge in [0, 0.05) is 18.0 Å². The molecular weight excluding hydrogens is 250 g/mol. The standard InChI is InChI=1S/C16H29N3O/c1-8-20-14(16(4,5)6)15-18-11(2)13(9-10-17-7)12(3)19-15/h14,17H,8-10H2,1-7H3. The minimum atomic E-state index is -0.0664. The van der Waals surface area contributed by atoms with Gasteiger partial charge in [-0.15, -0.1) is 0 Å². The van der Waals surface area contributed by atoms with E-state index < -0.39 is 0 Å². The van der Waals surface area contributed by atoms with E-state index in [1.54, 1.807) is 0 Å². The summed E-state index contributed by atoms with van der Waals surface area (Å²) in [6.45, 7) is 14.2. The van der Waals surface area contributed by atoms with E-state index in [0.29, 0.717) is 6.61 Å². The van der Waals surface area contributed by atoms with Gasteiger partial charge in [0.15, 0.2) is 5.82 Å². The SMILES string of the molecule is CCOC(c1nc(C)c(CCNC)c(C)n1)C(C)(C)C. The third-order valence-electron chi connectivity index (χ3n) is 3.42. The first kappa shape index (κ1) is 17.1. The van der Waals surface area contributed by atoms with E-state index in [1.165, 1.54) is 5.56 Å². The van der Waals surface area contributed by atoms with Gasteiger partial charge in [0.1, 0.15) is 6.10 Å². The van der Waals surface area contributed by atoms with Crippen LogP contribution in [0.2, 0.25) is 0 Å². The quantitative estimate of drug-likeness (QED) is 0.869. The first-order chi connectivity index (χ1) is 9.31. The monoisotopic (exact) mass is 279 g/mol. The lowest BCUT2D eigenvalue weighted by molar-refractivity contribution is -0.0193. The van der Waals surface area contributed by atoms with Crippen molar-refractivity contribution in [2.45, 2.75) is 54.1 Å². The van der Waals surface area contributed by atoms with Gasteiger partial charge in [0.05, 0.1) is 0 Å². The van der Waals surface area contributed by atoms with Gasteiger partial charge in [0.25, 0.3) is 0 Å². The van der Waals surface area contributed by atoms with Gasteiger partial charge >= 0.3 is 0 Å². The van der Waals surface area contributed by atoms with Gasteiger partial charge in [-0.3, -0.25) is 0 Å². The van der Waals surface area contributed by atoms with Crippen molar-refractivity contribution in [2.75, 3.05) is 20.2 Å². The van der Waals surface area contributed by atoms with E-state index in [2.05, 4.69) is 39.9 Å². The smallest absolute Gasteiger partial charge is 0.158 e. The number of nitrogens with one attached hydrogen (secondary N) is 1. The van der Waals surface area contributed by atoms with Crippen molar-refractivity contribution in [3.63, 3.8) is 0 Å². The second kappa shape index (κ2) is 7.14. The van der Waals surface area contributed by atoms with Crippen LogP contribution in [0.15, 0.2) is 0 Å². The molecule has 0 amide bonds. The number of rotatable bonds is 6. The van der Waals surface area contributed by atoms with E-state index in [1.807, 2.05) is 14.0 Å². The minimum Gasteiger partial charge on any atom is -0.370 e. The van der Waals surface area contributed by atoms with Crippen molar-refractivity contribution in [3.05, 3.63) is 22.8 Å². The molecule has 1 aromatic rings. The Kier molecular flexibility index (Phi) is 6.08. The van der Waals surface area contributed by atoms with Gasteiger partial charge in [-0.2, -0.15) is 0 Å². The lowest BCUT2D eigenvalue weighted by Crippen LogP contribution is -2.25. The highest BCUT2D eigenvalue weighted by Gasteiger charge is 2.30. The molecule has 0 saturated heterocycles. The van der Waals surface area contributed by atoms with E-state index in [4.69, 9.17) is 14.7 Å². The summed E-state index contributed by atoms with van der Waals surface area (Å²) in [5, 5.41) is 3.17. The van der Waals surface area contributed by atoms with Crippen LogP contribution in [0.4, 0.5) is 0 Å². The number of hydrogen-bond acceptors (Lipinski definition) is 4. The molecule has 0 radical (unpaired) electrons. The van der Waals surface area contributed by atoms with Crippen LogP contribution < -0.4 is 5.32 Å². The molecule has 0 aliphatic heterocycles. The molecule has 0 saturated carbocycles. The molecule has 20 heavy (non-hydrogen) atoms. The van der Waals surface area contributed by atoms with Crippen molar-refractivity contribution in [2.24, 2.45) is 5.41 Å². The second-order valence-electron chi connectivity index (χ2n) is 6.29. The Morgan fingerprint density at radius 2 is 1.70 bits per heavy atom. The topological polar surface area (TPSA) is 47.0 Å². The molecule has 0 aromatic carbocycles. The van der Waals surface area contributed by atoms with Gasteiger partial charge < -0.3 is 10.1 Å². The summed E-state index contributed by atoms with van der Waals surface area (Å²) in [4.78, 5) is 9.42. The molecule has 1 rings (SSSR count). The molecule has 4 heteroatoms. The highest BCUT2D eigenvalue weighted by Crippen LogP contribution is 2.34. The molecule has 1 atom stereocenters. The zero-order valence-corrected chi connectivity index (χ0v) is 14.0. The largest absolute Gasteiger partial charge is 0.370 e. The van der Waals surface area contributed by atoms with Crippen LogP contribution in [0.5, 0.6) is 0 Å². The number of aromatic nitrogens is 2. The summed E-state index contributed by atoms with van der Waals surface area (Å²) < 4.78 is 5.89. The molecule has 1 heterocycles. The van der Waals surface area contributed by atoms with E-state index in [0.717, 1.165) is 30.2 Å². The van der Waals surface area contributed by atoms with Crippen molar-refractivity contribution in [1.29, 1.82) is 0 Å². The van der Waals surface area contributed by atoms with Crippen LogP contribution >= 0.6 is 0 Å². The number of hydrogen-bond donors (Lipinski definition) is 1. The van der Waals surface area contributed by atoms with Crippen LogP contribution in [0.1, 0.15) is 56.6 Å². The van der Waals surface area contributed by atoms with Crippen LogP contribution in [0.3, 0.4) is 0 Å². The van der Waals surface area contributed by atoms with Crippen LogP contribution in [0.25, 0.3) is 0 Å². The minimum absolute atomic E-state index is 0.0125. The Morgan fingerprint density at radius 3 is 2.10 bits per heavy atom. The predicted molar refractivity (Wildman–Crippen MR) is 83.0 cm³/mol. The zero-order valence-electron chi connectivity index (χ0n) is 14.0. The molecular formula is C16H29N3O. The number of aryl methyl sites for hydroxylation is 2. The lowest BCUT2D eigenvalue weighted by Gasteiger charge is -2.29. The van der Waals surface area contributed by atoms with Crippen molar-refractivity contribution in [1.82, 2.24) is 15.3 Å². The fraction of sp³-hybridized carbons (Fsp3) is 0.750. The first-order valence-corrected chi connectivity index (χ1v) is 7.41. The maximum Gasteiger partial charge on any atom is 0.158 e. The lowest BCUT2D eigenvalue weighted by atomic mass is 9.88. The van der Waals surface area contributed by atoms with Crippen molar-refractivity contribution < 1.29 is 4.74 Å². The maximum atomic E-state index is 5.89. The van der Waals surface area contributed by atoms with E-state index in [9.17, 15) is 0 Å². The third-order valence-corrected chi connectivity index (χ3v) is 3.42. The van der Waals surface area contributed by atoms with Gasteiger partial charge in [0.2, 0.25) is 0 Å². The summed E-state index contributed by atoms with van der Waals surface area (Å²) in [5.74, 6) is 0.808. The summed E-state index contributed by atoms with van der Waals surface area (Å²) in [5.41, 5.74) is 3.36. The van der Waals surface area contributed by atoms with Gasteiger partial charge in [-0.1, -0.05) is 20.8 Å². The molecule has 0 spiro atoms. The number of nitrogens with zero attached hydrogens (tertiary/aromatic N) is 2. The fourth-order valence-corrected chi connectivity index (χ4v) is 2.37. The number of likely N-dealkylation sites (N-methyl/N-ethyl adjacent to an activating group) is 1. The molecule has 114 valence electrons. The Labute approximate surface area is 123 Å². The van der Waals surface area contributed by atoms with E-state index in [-0.39, 0.29) is 11.5 Å². The Hall–Kier alpha value is -1.00. The normalized spacial score (nSPS) is 13.6. The number of ether oxygens (including phenoxy) is 1. The van der Waals surface area contributed by atoms with Crippen molar-refractivity contribution in [3.8, 4) is 0 Å². The molecule has 1 aromatic heterocycles. The summed E-state index contributed by atoms with van der Waals surface area (Å²) in [7, 11) is 1.96. The molecule has 4 nitrogen and oxygen atoms in total. The predicted octanol–water partition coefficient (Wildman–Crippen LogP) is 2.98. The molecule has 1 N–H and O–H groups in total. The summed E-state index contributed by atoms with van der Waals surface area (Å²) >= 11 is 0. The Balaban J connectivity index is 3.13. The summed E-state index contributed by atoms with van der Waals surface area (Å²) in [6.07, 6.45) is 0.895. The van der Waals surface area contributed by atoms with Gasteiger partial charge in [-0.25, -0.2) is 9.97 Å². The van der Waals surface area contributed by atoms with Crippen LogP contribution in [-0.4, -0.2) is 30.2 Å².